The number of hydrogen-bond donors (Lipinski definition) is 0. The normalized spacial score (nSPS) is 10.6. The van der Waals surface area contributed by atoms with Crippen molar-refractivity contribution in [2.75, 3.05) is 39.6 Å². The number of ether oxygens (including phenoxy) is 3. The summed E-state index contributed by atoms with van der Waals surface area (Å²) < 4.78 is 15.7. The van der Waals surface area contributed by atoms with Crippen LogP contribution in [0.4, 0.5) is 0 Å². The molecule has 0 aromatic heterocycles. The molecule has 0 atom stereocenters. The third-order valence-corrected chi connectivity index (χ3v) is 1.56. The third kappa shape index (κ3) is 11.9. The van der Waals surface area contributed by atoms with Gasteiger partial charge < -0.3 is 14.2 Å². The standard InChI is InChI=1S/C10H22O3/c1-3-11-7-5-9-13-10-6-8-12-4-2/h3-10H2,1-2H3. The summed E-state index contributed by atoms with van der Waals surface area (Å²) in [7, 11) is 0. The van der Waals surface area contributed by atoms with Gasteiger partial charge in [-0.25, -0.2) is 0 Å². The highest BCUT2D eigenvalue weighted by Crippen LogP contribution is 1.88. The molecule has 0 saturated heterocycles. The maximum Gasteiger partial charge on any atom is 0.0488 e. The van der Waals surface area contributed by atoms with Crippen LogP contribution in [0.1, 0.15) is 26.7 Å². The van der Waals surface area contributed by atoms with Gasteiger partial charge in [0.05, 0.1) is 0 Å². The van der Waals surface area contributed by atoms with Gasteiger partial charge in [0.1, 0.15) is 0 Å². The molecule has 80 valence electrons. The summed E-state index contributed by atoms with van der Waals surface area (Å²) in [4.78, 5) is 0. The molecule has 0 bridgehead atoms. The first-order valence-corrected chi connectivity index (χ1v) is 5.15. The highest BCUT2D eigenvalue weighted by molar-refractivity contribution is 4.37. The van der Waals surface area contributed by atoms with Crippen molar-refractivity contribution in [2.45, 2.75) is 26.7 Å². The van der Waals surface area contributed by atoms with E-state index in [1.807, 2.05) is 13.8 Å². The highest BCUT2D eigenvalue weighted by atomic mass is 16.5. The van der Waals surface area contributed by atoms with Gasteiger partial charge in [0.15, 0.2) is 0 Å². The van der Waals surface area contributed by atoms with E-state index in [-0.39, 0.29) is 0 Å². The lowest BCUT2D eigenvalue weighted by atomic mass is 10.4. The van der Waals surface area contributed by atoms with E-state index >= 15 is 0 Å². The van der Waals surface area contributed by atoms with Gasteiger partial charge >= 0.3 is 0 Å². The summed E-state index contributed by atoms with van der Waals surface area (Å²) in [5.74, 6) is 0. The molecule has 0 aromatic carbocycles. The van der Waals surface area contributed by atoms with Gasteiger partial charge in [-0.05, 0) is 26.7 Å². The monoisotopic (exact) mass is 190 g/mol. The molecular weight excluding hydrogens is 168 g/mol. The van der Waals surface area contributed by atoms with E-state index in [9.17, 15) is 0 Å². The van der Waals surface area contributed by atoms with Gasteiger partial charge in [-0.1, -0.05) is 0 Å². The van der Waals surface area contributed by atoms with Crippen LogP contribution in [0.3, 0.4) is 0 Å². The zero-order valence-corrected chi connectivity index (χ0v) is 8.88. The average Bonchev–Trinajstić information content (AvgIpc) is 2.16. The van der Waals surface area contributed by atoms with Gasteiger partial charge in [-0.2, -0.15) is 0 Å². The lowest BCUT2D eigenvalue weighted by molar-refractivity contribution is 0.0684. The Morgan fingerprint density at radius 1 is 0.615 bits per heavy atom. The highest BCUT2D eigenvalue weighted by Gasteiger charge is 1.90. The Morgan fingerprint density at radius 2 is 1.00 bits per heavy atom. The Morgan fingerprint density at radius 3 is 1.38 bits per heavy atom. The fourth-order valence-corrected chi connectivity index (χ4v) is 0.917. The smallest absolute Gasteiger partial charge is 0.0488 e. The minimum atomic E-state index is 0.796. The van der Waals surface area contributed by atoms with Crippen molar-refractivity contribution in [3.05, 3.63) is 0 Å². The van der Waals surface area contributed by atoms with Crippen LogP contribution in [0.15, 0.2) is 0 Å². The lowest BCUT2D eigenvalue weighted by Gasteiger charge is -2.04. The van der Waals surface area contributed by atoms with Crippen molar-refractivity contribution >= 4 is 0 Å². The molecule has 0 amide bonds. The average molecular weight is 190 g/mol. The Kier molecular flexibility index (Phi) is 11.8. The van der Waals surface area contributed by atoms with E-state index in [4.69, 9.17) is 14.2 Å². The summed E-state index contributed by atoms with van der Waals surface area (Å²) in [5, 5.41) is 0. The Bertz CT molecular complexity index is 76.2. The second-order valence-corrected chi connectivity index (χ2v) is 2.71. The third-order valence-electron chi connectivity index (χ3n) is 1.56. The van der Waals surface area contributed by atoms with Crippen LogP contribution in [0.5, 0.6) is 0 Å². The molecule has 0 saturated carbocycles. The summed E-state index contributed by atoms with van der Waals surface area (Å²) in [6, 6.07) is 0. The van der Waals surface area contributed by atoms with Crippen LogP contribution in [-0.4, -0.2) is 39.6 Å². The second-order valence-electron chi connectivity index (χ2n) is 2.71. The van der Waals surface area contributed by atoms with Gasteiger partial charge in [0.2, 0.25) is 0 Å². The van der Waals surface area contributed by atoms with Crippen molar-refractivity contribution in [3.8, 4) is 0 Å². The van der Waals surface area contributed by atoms with Gasteiger partial charge in [-0.3, -0.25) is 0 Å². The molecule has 0 aromatic rings. The van der Waals surface area contributed by atoms with Gasteiger partial charge in [0.25, 0.3) is 0 Å². The molecule has 0 aliphatic heterocycles. The van der Waals surface area contributed by atoms with Crippen molar-refractivity contribution < 1.29 is 14.2 Å². The molecule has 0 fully saturated rings. The Labute approximate surface area is 81.4 Å². The van der Waals surface area contributed by atoms with Crippen LogP contribution in [0.25, 0.3) is 0 Å². The molecule has 0 radical (unpaired) electrons. The molecule has 0 spiro atoms. The summed E-state index contributed by atoms with van der Waals surface area (Å²) in [6.07, 6.45) is 1.98. The van der Waals surface area contributed by atoms with Crippen molar-refractivity contribution in [1.82, 2.24) is 0 Å². The topological polar surface area (TPSA) is 27.7 Å². The van der Waals surface area contributed by atoms with E-state index < -0.39 is 0 Å². The molecular formula is C10H22O3. The van der Waals surface area contributed by atoms with Crippen LogP contribution in [-0.2, 0) is 14.2 Å². The molecule has 0 aliphatic rings. The van der Waals surface area contributed by atoms with Crippen LogP contribution in [0.2, 0.25) is 0 Å². The largest absolute Gasteiger partial charge is 0.382 e. The first-order chi connectivity index (χ1) is 6.41. The summed E-state index contributed by atoms with van der Waals surface area (Å²) >= 11 is 0. The second kappa shape index (κ2) is 11.9. The first kappa shape index (κ1) is 12.9. The van der Waals surface area contributed by atoms with Crippen LogP contribution >= 0.6 is 0 Å². The predicted octanol–water partition coefficient (Wildman–Crippen LogP) is 1.86. The molecule has 3 heteroatoms. The van der Waals surface area contributed by atoms with Crippen molar-refractivity contribution in [1.29, 1.82) is 0 Å². The number of hydrogen-bond acceptors (Lipinski definition) is 3. The van der Waals surface area contributed by atoms with Crippen molar-refractivity contribution in [3.63, 3.8) is 0 Å². The zero-order valence-electron chi connectivity index (χ0n) is 8.88. The first-order valence-electron chi connectivity index (χ1n) is 5.15. The van der Waals surface area contributed by atoms with Crippen LogP contribution in [0, 0.1) is 0 Å². The maximum absolute atomic E-state index is 5.37. The van der Waals surface area contributed by atoms with E-state index in [1.54, 1.807) is 0 Å². The summed E-state index contributed by atoms with van der Waals surface area (Å²) in [5.41, 5.74) is 0. The number of rotatable bonds is 10. The molecule has 3 nitrogen and oxygen atoms in total. The van der Waals surface area contributed by atoms with Gasteiger partial charge in [0, 0.05) is 39.6 Å². The molecule has 0 N–H and O–H groups in total. The quantitative estimate of drug-likeness (QED) is 0.492. The van der Waals surface area contributed by atoms with Crippen molar-refractivity contribution in [2.24, 2.45) is 0 Å². The van der Waals surface area contributed by atoms with Gasteiger partial charge in [-0.15, -0.1) is 0 Å². The molecule has 0 heterocycles. The molecule has 13 heavy (non-hydrogen) atoms. The minimum absolute atomic E-state index is 0.796. The SMILES string of the molecule is CCOCCCOCCCOCC. The molecule has 0 unspecified atom stereocenters. The predicted molar refractivity (Wildman–Crippen MR) is 53.0 cm³/mol. The molecule has 0 aliphatic carbocycles. The van der Waals surface area contributed by atoms with Crippen LogP contribution < -0.4 is 0 Å². The summed E-state index contributed by atoms with van der Waals surface area (Å²) in [6.45, 7) is 8.81. The Hall–Kier alpha value is -0.120. The fraction of sp³-hybridized carbons (Fsp3) is 1.00. The molecule has 0 rings (SSSR count). The van der Waals surface area contributed by atoms with E-state index in [1.165, 1.54) is 0 Å². The van der Waals surface area contributed by atoms with E-state index in [0.29, 0.717) is 0 Å². The lowest BCUT2D eigenvalue weighted by Crippen LogP contribution is -2.04. The zero-order chi connectivity index (χ0) is 9.78. The maximum atomic E-state index is 5.37. The Balaban J connectivity index is 2.76. The van der Waals surface area contributed by atoms with E-state index in [2.05, 4.69) is 0 Å². The van der Waals surface area contributed by atoms with E-state index in [0.717, 1.165) is 52.5 Å². The minimum Gasteiger partial charge on any atom is -0.382 e. The fourth-order valence-electron chi connectivity index (χ4n) is 0.917.